The number of amides is 2. The van der Waals surface area contributed by atoms with Crippen LogP contribution in [0.2, 0.25) is 0 Å². The SMILES string of the molecule is CC(=O)N[C@@H](C(=O)N(C)CCCOc1ccccc1)C(C)C. The van der Waals surface area contributed by atoms with Crippen LogP contribution in [-0.4, -0.2) is 43.0 Å². The van der Waals surface area contributed by atoms with E-state index in [1.807, 2.05) is 44.2 Å². The maximum Gasteiger partial charge on any atom is 0.245 e. The number of benzene rings is 1. The highest BCUT2D eigenvalue weighted by Crippen LogP contribution is 2.09. The fourth-order valence-electron chi connectivity index (χ4n) is 2.09. The van der Waals surface area contributed by atoms with Crippen LogP contribution in [0.1, 0.15) is 27.2 Å². The van der Waals surface area contributed by atoms with Gasteiger partial charge in [0.15, 0.2) is 0 Å². The van der Waals surface area contributed by atoms with Gasteiger partial charge in [0, 0.05) is 20.5 Å². The summed E-state index contributed by atoms with van der Waals surface area (Å²) >= 11 is 0. The van der Waals surface area contributed by atoms with Crippen molar-refractivity contribution in [2.45, 2.75) is 33.2 Å². The van der Waals surface area contributed by atoms with Gasteiger partial charge in [-0.1, -0.05) is 32.0 Å². The molecule has 0 saturated heterocycles. The summed E-state index contributed by atoms with van der Waals surface area (Å²) in [4.78, 5) is 25.2. The number of hydrogen-bond acceptors (Lipinski definition) is 3. The highest BCUT2D eigenvalue weighted by Gasteiger charge is 2.25. The van der Waals surface area contributed by atoms with Crippen molar-refractivity contribution in [1.82, 2.24) is 10.2 Å². The standard InChI is InChI=1S/C17H26N2O3/c1-13(2)16(18-14(3)20)17(21)19(4)11-8-12-22-15-9-6-5-7-10-15/h5-7,9-10,13,16H,8,11-12H2,1-4H3,(H,18,20)/t16-/m1/s1. The summed E-state index contributed by atoms with van der Waals surface area (Å²) in [6.45, 7) is 6.41. The van der Waals surface area contributed by atoms with Gasteiger partial charge >= 0.3 is 0 Å². The molecule has 1 aromatic rings. The monoisotopic (exact) mass is 306 g/mol. The summed E-state index contributed by atoms with van der Waals surface area (Å²) in [5, 5.41) is 2.71. The van der Waals surface area contributed by atoms with E-state index in [-0.39, 0.29) is 17.7 Å². The molecule has 1 atom stereocenters. The molecule has 122 valence electrons. The Kier molecular flexibility index (Phi) is 7.43. The first-order chi connectivity index (χ1) is 10.4. The molecule has 0 aliphatic carbocycles. The molecule has 0 bridgehead atoms. The normalized spacial score (nSPS) is 11.9. The van der Waals surface area contributed by atoms with Crippen LogP contribution < -0.4 is 10.1 Å². The van der Waals surface area contributed by atoms with Crippen molar-refractivity contribution >= 4 is 11.8 Å². The zero-order chi connectivity index (χ0) is 16.5. The number of likely N-dealkylation sites (N-methyl/N-ethyl adjacent to an activating group) is 1. The van der Waals surface area contributed by atoms with Crippen LogP contribution in [-0.2, 0) is 9.59 Å². The molecule has 1 N–H and O–H groups in total. The Morgan fingerprint density at radius 2 is 1.86 bits per heavy atom. The lowest BCUT2D eigenvalue weighted by Crippen LogP contribution is -2.49. The molecule has 0 aliphatic heterocycles. The number of carbonyl (C=O) groups excluding carboxylic acids is 2. The summed E-state index contributed by atoms with van der Waals surface area (Å²) < 4.78 is 5.60. The van der Waals surface area contributed by atoms with E-state index in [1.165, 1.54) is 6.92 Å². The lowest BCUT2D eigenvalue weighted by atomic mass is 10.0. The van der Waals surface area contributed by atoms with E-state index in [9.17, 15) is 9.59 Å². The first kappa shape index (κ1) is 18.0. The Balaban J connectivity index is 2.38. The first-order valence-corrected chi connectivity index (χ1v) is 7.61. The Hall–Kier alpha value is -2.04. The molecule has 0 aliphatic rings. The van der Waals surface area contributed by atoms with Crippen LogP contribution in [0.5, 0.6) is 5.75 Å². The summed E-state index contributed by atoms with van der Waals surface area (Å²) in [6, 6.07) is 9.11. The van der Waals surface area contributed by atoms with Gasteiger partial charge in [-0.25, -0.2) is 0 Å². The molecule has 1 aromatic carbocycles. The number of nitrogens with zero attached hydrogens (tertiary/aromatic N) is 1. The molecule has 0 saturated carbocycles. The maximum absolute atomic E-state index is 12.4. The third kappa shape index (κ3) is 6.16. The van der Waals surface area contributed by atoms with E-state index >= 15 is 0 Å². The van der Waals surface area contributed by atoms with Gasteiger partial charge in [-0.3, -0.25) is 9.59 Å². The summed E-state index contributed by atoms with van der Waals surface area (Å²) in [5.41, 5.74) is 0. The average molecular weight is 306 g/mol. The van der Waals surface area contributed by atoms with Gasteiger partial charge in [0.1, 0.15) is 11.8 Å². The van der Waals surface area contributed by atoms with E-state index in [0.29, 0.717) is 13.2 Å². The number of nitrogens with one attached hydrogen (secondary N) is 1. The van der Waals surface area contributed by atoms with Crippen molar-refractivity contribution < 1.29 is 14.3 Å². The molecule has 5 nitrogen and oxygen atoms in total. The zero-order valence-electron chi connectivity index (χ0n) is 13.8. The molecule has 0 spiro atoms. The fraction of sp³-hybridized carbons (Fsp3) is 0.529. The molecule has 2 amide bonds. The maximum atomic E-state index is 12.4. The van der Waals surface area contributed by atoms with Crippen molar-refractivity contribution in [2.75, 3.05) is 20.2 Å². The first-order valence-electron chi connectivity index (χ1n) is 7.61. The lowest BCUT2D eigenvalue weighted by molar-refractivity contribution is -0.136. The predicted octanol–water partition coefficient (Wildman–Crippen LogP) is 2.07. The average Bonchev–Trinajstić information content (AvgIpc) is 2.49. The lowest BCUT2D eigenvalue weighted by Gasteiger charge is -2.26. The Bertz CT molecular complexity index is 474. The smallest absolute Gasteiger partial charge is 0.245 e. The van der Waals surface area contributed by atoms with E-state index in [0.717, 1.165) is 12.2 Å². The van der Waals surface area contributed by atoms with Crippen molar-refractivity contribution in [3.63, 3.8) is 0 Å². The molecule has 0 fully saturated rings. The fourth-order valence-corrected chi connectivity index (χ4v) is 2.09. The molecule has 1 rings (SSSR count). The second-order valence-electron chi connectivity index (χ2n) is 5.70. The number of hydrogen-bond donors (Lipinski definition) is 1. The second kappa shape index (κ2) is 9.07. The minimum Gasteiger partial charge on any atom is -0.494 e. The highest BCUT2D eigenvalue weighted by molar-refractivity contribution is 5.86. The summed E-state index contributed by atoms with van der Waals surface area (Å²) in [6.07, 6.45) is 0.738. The van der Waals surface area contributed by atoms with Gasteiger partial charge in [0.25, 0.3) is 0 Å². The Labute approximate surface area is 132 Å². The third-order valence-corrected chi connectivity index (χ3v) is 3.32. The van der Waals surface area contributed by atoms with E-state index in [4.69, 9.17) is 4.74 Å². The van der Waals surface area contributed by atoms with Crippen molar-refractivity contribution in [2.24, 2.45) is 5.92 Å². The molecule has 0 unspecified atom stereocenters. The second-order valence-corrected chi connectivity index (χ2v) is 5.70. The number of carbonyl (C=O) groups is 2. The highest BCUT2D eigenvalue weighted by atomic mass is 16.5. The number of ether oxygens (including phenoxy) is 1. The minimum atomic E-state index is -0.474. The van der Waals surface area contributed by atoms with Crippen LogP contribution >= 0.6 is 0 Å². The van der Waals surface area contributed by atoms with Gasteiger partial charge in [-0.2, -0.15) is 0 Å². The molecular formula is C17H26N2O3. The van der Waals surface area contributed by atoms with Crippen molar-refractivity contribution in [1.29, 1.82) is 0 Å². The van der Waals surface area contributed by atoms with Crippen LogP contribution in [0.4, 0.5) is 0 Å². The van der Waals surface area contributed by atoms with Crippen LogP contribution in [0, 0.1) is 5.92 Å². The van der Waals surface area contributed by atoms with Gasteiger partial charge in [0.05, 0.1) is 6.61 Å². The Morgan fingerprint density at radius 1 is 1.23 bits per heavy atom. The molecule has 0 heterocycles. The summed E-state index contributed by atoms with van der Waals surface area (Å²) in [5.74, 6) is 0.631. The summed E-state index contributed by atoms with van der Waals surface area (Å²) in [7, 11) is 1.75. The van der Waals surface area contributed by atoms with Gasteiger partial charge in [-0.15, -0.1) is 0 Å². The molecule has 0 radical (unpaired) electrons. The number of para-hydroxylation sites is 1. The van der Waals surface area contributed by atoms with Crippen LogP contribution in [0.25, 0.3) is 0 Å². The molecule has 5 heteroatoms. The quantitative estimate of drug-likeness (QED) is 0.748. The van der Waals surface area contributed by atoms with Crippen molar-refractivity contribution in [3.8, 4) is 5.75 Å². The zero-order valence-corrected chi connectivity index (χ0v) is 13.8. The van der Waals surface area contributed by atoms with E-state index < -0.39 is 6.04 Å². The van der Waals surface area contributed by atoms with Crippen LogP contribution in [0.3, 0.4) is 0 Å². The largest absolute Gasteiger partial charge is 0.494 e. The van der Waals surface area contributed by atoms with E-state index in [2.05, 4.69) is 5.32 Å². The molecule has 22 heavy (non-hydrogen) atoms. The van der Waals surface area contributed by atoms with Crippen molar-refractivity contribution in [3.05, 3.63) is 30.3 Å². The molecule has 0 aromatic heterocycles. The van der Waals surface area contributed by atoms with E-state index in [1.54, 1.807) is 11.9 Å². The van der Waals surface area contributed by atoms with Crippen LogP contribution in [0.15, 0.2) is 30.3 Å². The minimum absolute atomic E-state index is 0.0550. The predicted molar refractivity (Wildman–Crippen MR) is 86.6 cm³/mol. The van der Waals surface area contributed by atoms with Gasteiger partial charge in [-0.05, 0) is 24.5 Å². The Morgan fingerprint density at radius 3 is 2.41 bits per heavy atom. The van der Waals surface area contributed by atoms with Gasteiger partial charge in [0.2, 0.25) is 11.8 Å². The topological polar surface area (TPSA) is 58.6 Å². The third-order valence-electron chi connectivity index (χ3n) is 3.32. The molecular weight excluding hydrogens is 280 g/mol. The van der Waals surface area contributed by atoms with Gasteiger partial charge < -0.3 is 15.0 Å². The number of rotatable bonds is 8.